The van der Waals surface area contributed by atoms with E-state index in [1.54, 1.807) is 6.08 Å². The van der Waals surface area contributed by atoms with Gasteiger partial charge in [-0.2, -0.15) is 0 Å². The highest BCUT2D eigenvalue weighted by molar-refractivity contribution is 5.91. The predicted molar refractivity (Wildman–Crippen MR) is 74.1 cm³/mol. The normalized spacial score (nSPS) is 14.9. The molecule has 0 radical (unpaired) electrons. The van der Waals surface area contributed by atoms with Gasteiger partial charge in [-0.05, 0) is 37.4 Å². The van der Waals surface area contributed by atoms with E-state index < -0.39 is 0 Å². The summed E-state index contributed by atoms with van der Waals surface area (Å²) in [4.78, 5) is 11.5. The second-order valence-electron chi connectivity index (χ2n) is 4.62. The molecule has 0 bridgehead atoms. The molecule has 1 aliphatic rings. The fourth-order valence-electron chi connectivity index (χ4n) is 1.69. The molecule has 0 atom stereocenters. The minimum Gasteiger partial charge on any atom is -0.353 e. The number of rotatable bonds is 7. The Morgan fingerprint density at radius 3 is 2.72 bits per heavy atom. The molecule has 1 aliphatic carbocycles. The molecular formula is C15H20N2O. The van der Waals surface area contributed by atoms with E-state index in [0.29, 0.717) is 0 Å². The standard InChI is InChI=1S/C15H20N2O/c18-15(10-7-13-5-2-1-3-6-13)17-12-4-11-16-14-8-9-14/h1-3,5-7,10,14,16H,4,8-9,11-12H2,(H,17,18)/b10-7+. The molecule has 3 heteroatoms. The fourth-order valence-corrected chi connectivity index (χ4v) is 1.69. The van der Waals surface area contributed by atoms with Crippen LogP contribution in [0, 0.1) is 0 Å². The molecule has 0 spiro atoms. The Morgan fingerprint density at radius 2 is 2.00 bits per heavy atom. The lowest BCUT2D eigenvalue weighted by atomic mass is 10.2. The van der Waals surface area contributed by atoms with Gasteiger partial charge >= 0.3 is 0 Å². The summed E-state index contributed by atoms with van der Waals surface area (Å²) in [6.45, 7) is 1.73. The molecule has 18 heavy (non-hydrogen) atoms. The quantitative estimate of drug-likeness (QED) is 0.568. The van der Waals surface area contributed by atoms with Gasteiger partial charge in [0.2, 0.25) is 5.91 Å². The number of carbonyl (C=O) groups is 1. The van der Waals surface area contributed by atoms with E-state index in [4.69, 9.17) is 0 Å². The van der Waals surface area contributed by atoms with Crippen molar-refractivity contribution in [3.8, 4) is 0 Å². The van der Waals surface area contributed by atoms with Crippen LogP contribution in [0.3, 0.4) is 0 Å². The number of nitrogens with one attached hydrogen (secondary N) is 2. The van der Waals surface area contributed by atoms with Crippen molar-refractivity contribution in [2.45, 2.75) is 25.3 Å². The smallest absolute Gasteiger partial charge is 0.243 e. The summed E-state index contributed by atoms with van der Waals surface area (Å²) in [6, 6.07) is 10.6. The van der Waals surface area contributed by atoms with E-state index in [9.17, 15) is 4.79 Å². The Hall–Kier alpha value is -1.61. The van der Waals surface area contributed by atoms with Crippen molar-refractivity contribution < 1.29 is 4.79 Å². The van der Waals surface area contributed by atoms with Gasteiger partial charge in [-0.3, -0.25) is 4.79 Å². The van der Waals surface area contributed by atoms with Crippen molar-refractivity contribution in [1.29, 1.82) is 0 Å². The maximum Gasteiger partial charge on any atom is 0.243 e. The van der Waals surface area contributed by atoms with Gasteiger partial charge in [0.25, 0.3) is 0 Å². The zero-order valence-electron chi connectivity index (χ0n) is 10.6. The van der Waals surface area contributed by atoms with E-state index in [-0.39, 0.29) is 5.91 Å². The molecule has 96 valence electrons. The number of benzene rings is 1. The molecule has 2 rings (SSSR count). The van der Waals surface area contributed by atoms with Gasteiger partial charge in [0.15, 0.2) is 0 Å². The van der Waals surface area contributed by atoms with Crippen LogP contribution >= 0.6 is 0 Å². The Labute approximate surface area is 108 Å². The molecule has 3 nitrogen and oxygen atoms in total. The second kappa shape index (κ2) is 6.97. The maximum absolute atomic E-state index is 11.5. The summed E-state index contributed by atoms with van der Waals surface area (Å²) in [7, 11) is 0. The Bertz CT molecular complexity index is 396. The minimum atomic E-state index is -0.0229. The molecule has 2 N–H and O–H groups in total. The van der Waals surface area contributed by atoms with Crippen molar-refractivity contribution in [1.82, 2.24) is 10.6 Å². The first-order valence-electron chi connectivity index (χ1n) is 6.59. The first kappa shape index (κ1) is 12.8. The van der Waals surface area contributed by atoms with E-state index >= 15 is 0 Å². The van der Waals surface area contributed by atoms with Crippen LogP contribution in [0.4, 0.5) is 0 Å². The maximum atomic E-state index is 11.5. The van der Waals surface area contributed by atoms with Gasteiger partial charge in [0.1, 0.15) is 0 Å². The van der Waals surface area contributed by atoms with Crippen LogP contribution in [0.2, 0.25) is 0 Å². The van der Waals surface area contributed by atoms with Crippen molar-refractivity contribution in [3.63, 3.8) is 0 Å². The van der Waals surface area contributed by atoms with Crippen molar-refractivity contribution in [3.05, 3.63) is 42.0 Å². The Kier molecular flexibility index (Phi) is 4.97. The van der Waals surface area contributed by atoms with Crippen LogP contribution in [0.5, 0.6) is 0 Å². The minimum absolute atomic E-state index is 0.0229. The molecule has 0 saturated heterocycles. The molecular weight excluding hydrogens is 224 g/mol. The predicted octanol–water partition coefficient (Wildman–Crippen LogP) is 1.96. The highest BCUT2D eigenvalue weighted by Crippen LogP contribution is 2.18. The molecule has 1 amide bonds. The number of carbonyl (C=O) groups excluding carboxylic acids is 1. The van der Waals surface area contributed by atoms with Crippen molar-refractivity contribution >= 4 is 12.0 Å². The van der Waals surface area contributed by atoms with Crippen LogP contribution in [-0.2, 0) is 4.79 Å². The zero-order valence-corrected chi connectivity index (χ0v) is 10.6. The third-order valence-electron chi connectivity index (χ3n) is 2.89. The Balaban J connectivity index is 1.58. The SMILES string of the molecule is O=C(/C=C/c1ccccc1)NCCCNC1CC1. The first-order chi connectivity index (χ1) is 8.84. The average molecular weight is 244 g/mol. The Morgan fingerprint density at radius 1 is 1.22 bits per heavy atom. The van der Waals surface area contributed by atoms with Crippen LogP contribution in [-0.4, -0.2) is 25.0 Å². The van der Waals surface area contributed by atoms with Gasteiger partial charge in [-0.15, -0.1) is 0 Å². The topological polar surface area (TPSA) is 41.1 Å². The lowest BCUT2D eigenvalue weighted by Crippen LogP contribution is -2.26. The van der Waals surface area contributed by atoms with Gasteiger partial charge in [-0.1, -0.05) is 30.3 Å². The number of hydrogen-bond acceptors (Lipinski definition) is 2. The molecule has 1 saturated carbocycles. The molecule has 1 fully saturated rings. The lowest BCUT2D eigenvalue weighted by Gasteiger charge is -2.03. The third kappa shape index (κ3) is 5.15. The number of hydrogen-bond donors (Lipinski definition) is 2. The molecule has 0 aliphatic heterocycles. The van der Waals surface area contributed by atoms with Crippen LogP contribution in [0.25, 0.3) is 6.08 Å². The summed E-state index contributed by atoms with van der Waals surface area (Å²) >= 11 is 0. The highest BCUT2D eigenvalue weighted by Gasteiger charge is 2.19. The van der Waals surface area contributed by atoms with Crippen LogP contribution in [0.15, 0.2) is 36.4 Å². The van der Waals surface area contributed by atoms with Gasteiger partial charge in [0.05, 0.1) is 0 Å². The zero-order chi connectivity index (χ0) is 12.6. The fraction of sp³-hybridized carbons (Fsp3) is 0.400. The average Bonchev–Trinajstić information content (AvgIpc) is 3.21. The first-order valence-corrected chi connectivity index (χ1v) is 6.59. The van der Waals surface area contributed by atoms with Crippen LogP contribution < -0.4 is 10.6 Å². The third-order valence-corrected chi connectivity index (χ3v) is 2.89. The van der Waals surface area contributed by atoms with Gasteiger partial charge < -0.3 is 10.6 Å². The molecule has 0 heterocycles. The van der Waals surface area contributed by atoms with E-state index in [1.165, 1.54) is 12.8 Å². The molecule has 0 unspecified atom stereocenters. The monoisotopic (exact) mass is 244 g/mol. The van der Waals surface area contributed by atoms with Crippen LogP contribution in [0.1, 0.15) is 24.8 Å². The summed E-state index contributed by atoms with van der Waals surface area (Å²) in [5.74, 6) is -0.0229. The summed E-state index contributed by atoms with van der Waals surface area (Å²) in [6.07, 6.45) is 7.03. The summed E-state index contributed by atoms with van der Waals surface area (Å²) in [5.41, 5.74) is 1.04. The summed E-state index contributed by atoms with van der Waals surface area (Å²) < 4.78 is 0. The molecule has 1 aromatic carbocycles. The summed E-state index contributed by atoms with van der Waals surface area (Å²) in [5, 5.41) is 6.30. The van der Waals surface area contributed by atoms with Gasteiger partial charge in [-0.25, -0.2) is 0 Å². The van der Waals surface area contributed by atoms with E-state index in [1.807, 2.05) is 36.4 Å². The van der Waals surface area contributed by atoms with Gasteiger partial charge in [0, 0.05) is 18.7 Å². The second-order valence-corrected chi connectivity index (χ2v) is 4.62. The molecule has 0 aromatic heterocycles. The van der Waals surface area contributed by atoms with E-state index in [0.717, 1.165) is 31.1 Å². The number of amides is 1. The molecule has 1 aromatic rings. The lowest BCUT2D eigenvalue weighted by molar-refractivity contribution is -0.116. The van der Waals surface area contributed by atoms with E-state index in [2.05, 4.69) is 10.6 Å². The van der Waals surface area contributed by atoms with Crippen molar-refractivity contribution in [2.75, 3.05) is 13.1 Å². The highest BCUT2D eigenvalue weighted by atomic mass is 16.1. The van der Waals surface area contributed by atoms with Crippen molar-refractivity contribution in [2.24, 2.45) is 0 Å². The largest absolute Gasteiger partial charge is 0.353 e.